The van der Waals surface area contributed by atoms with Crippen LogP contribution >= 0.6 is 23.4 Å². The maximum Gasteiger partial charge on any atom is 0.319 e. The Bertz CT molecular complexity index is 504. The number of anilines is 1. The average Bonchev–Trinajstić information content (AvgIpc) is 2.50. The zero-order valence-electron chi connectivity index (χ0n) is 13.2. The number of amides is 2. The van der Waals surface area contributed by atoms with Gasteiger partial charge in [-0.25, -0.2) is 4.79 Å². The van der Waals surface area contributed by atoms with E-state index in [1.54, 1.807) is 17.8 Å². The highest BCUT2D eigenvalue weighted by Gasteiger charge is 2.20. The highest BCUT2D eigenvalue weighted by atomic mass is 35.5. The van der Waals surface area contributed by atoms with Crippen molar-refractivity contribution in [2.24, 2.45) is 0 Å². The zero-order valence-corrected chi connectivity index (χ0v) is 14.8. The zero-order chi connectivity index (χ0) is 15.9. The molecule has 1 aromatic carbocycles. The molecule has 1 aliphatic heterocycles. The molecule has 0 unspecified atom stereocenters. The molecule has 2 amide bonds. The summed E-state index contributed by atoms with van der Waals surface area (Å²) >= 11 is 7.60. The second-order valence-corrected chi connectivity index (χ2v) is 6.84. The molecule has 0 aliphatic carbocycles. The number of halogens is 1. The van der Waals surface area contributed by atoms with Crippen molar-refractivity contribution in [2.45, 2.75) is 37.1 Å². The molecule has 1 fully saturated rings. The molecule has 6 heteroatoms. The quantitative estimate of drug-likeness (QED) is 0.794. The fraction of sp³-hybridized carbons (Fsp3) is 0.562. The van der Waals surface area contributed by atoms with Gasteiger partial charge >= 0.3 is 6.03 Å². The number of nitrogens with one attached hydrogen (secondary N) is 2. The molecule has 2 rings (SSSR count). The van der Waals surface area contributed by atoms with E-state index >= 15 is 0 Å². The molecule has 0 aromatic heterocycles. The molecule has 122 valence electrons. The molecule has 1 saturated heterocycles. The number of piperidine rings is 1. The minimum absolute atomic E-state index is 0.147. The molecule has 0 atom stereocenters. The number of carbonyl (C=O) groups is 1. The Morgan fingerprint density at radius 2 is 2.14 bits per heavy atom. The third-order valence-corrected chi connectivity index (χ3v) is 4.90. The van der Waals surface area contributed by atoms with E-state index in [1.807, 2.05) is 18.4 Å². The summed E-state index contributed by atoms with van der Waals surface area (Å²) in [4.78, 5) is 15.6. The third kappa shape index (κ3) is 5.07. The van der Waals surface area contributed by atoms with Gasteiger partial charge in [-0.3, -0.25) is 0 Å². The van der Waals surface area contributed by atoms with Gasteiger partial charge in [-0.1, -0.05) is 18.5 Å². The van der Waals surface area contributed by atoms with Gasteiger partial charge in [-0.2, -0.15) is 0 Å². The summed E-state index contributed by atoms with van der Waals surface area (Å²) in [5.74, 6) is 0. The fourth-order valence-corrected chi connectivity index (χ4v) is 3.44. The van der Waals surface area contributed by atoms with Crippen LogP contribution in [0.1, 0.15) is 26.2 Å². The number of hydrogen-bond donors (Lipinski definition) is 2. The lowest BCUT2D eigenvalue weighted by molar-refractivity contribution is 0.196. The summed E-state index contributed by atoms with van der Waals surface area (Å²) in [7, 11) is 0. The van der Waals surface area contributed by atoms with Crippen LogP contribution in [0.2, 0.25) is 5.02 Å². The van der Waals surface area contributed by atoms with Crippen molar-refractivity contribution in [3.8, 4) is 0 Å². The number of thioether (sulfide) groups is 1. The Hall–Kier alpha value is -0.910. The molecular weight excluding hydrogens is 318 g/mol. The van der Waals surface area contributed by atoms with Crippen molar-refractivity contribution in [1.82, 2.24) is 10.2 Å². The normalized spacial score (nSPS) is 16.5. The minimum atomic E-state index is -0.147. The van der Waals surface area contributed by atoms with Crippen LogP contribution in [0.3, 0.4) is 0 Å². The maximum absolute atomic E-state index is 12.2. The highest BCUT2D eigenvalue weighted by molar-refractivity contribution is 7.98. The first-order valence-electron chi connectivity index (χ1n) is 7.75. The molecule has 0 saturated carbocycles. The number of hydrogen-bond acceptors (Lipinski definition) is 3. The van der Waals surface area contributed by atoms with Gasteiger partial charge in [0.1, 0.15) is 0 Å². The van der Waals surface area contributed by atoms with Gasteiger partial charge in [0.25, 0.3) is 0 Å². The lowest BCUT2D eigenvalue weighted by Crippen LogP contribution is -2.46. The lowest BCUT2D eigenvalue weighted by atomic mass is 10.1. The minimum Gasteiger partial charge on any atom is -0.335 e. The van der Waals surface area contributed by atoms with Gasteiger partial charge in [0.15, 0.2) is 0 Å². The van der Waals surface area contributed by atoms with Gasteiger partial charge < -0.3 is 15.5 Å². The van der Waals surface area contributed by atoms with Crippen LogP contribution in [0.15, 0.2) is 23.1 Å². The second kappa shape index (κ2) is 8.65. The molecular formula is C16H24ClN3OS. The van der Waals surface area contributed by atoms with E-state index in [0.717, 1.165) is 43.1 Å². The van der Waals surface area contributed by atoms with Crippen LogP contribution in [0.4, 0.5) is 10.5 Å². The summed E-state index contributed by atoms with van der Waals surface area (Å²) in [5, 5.41) is 6.61. The standard InChI is InChI=1S/C16H24ClN3OS/c1-3-8-20-9-6-13(7-10-20)18-16(21)19-14-11-12(17)4-5-15(14)22-2/h4-5,11,13H,3,6-10H2,1-2H3,(H2,18,19,21). The summed E-state index contributed by atoms with van der Waals surface area (Å²) in [6.45, 7) is 5.47. The van der Waals surface area contributed by atoms with Crippen LogP contribution in [-0.4, -0.2) is 42.9 Å². The number of nitrogens with zero attached hydrogens (tertiary/aromatic N) is 1. The third-order valence-electron chi connectivity index (χ3n) is 3.87. The van der Waals surface area contributed by atoms with Gasteiger partial charge in [0.2, 0.25) is 0 Å². The molecule has 0 bridgehead atoms. The van der Waals surface area contributed by atoms with E-state index in [9.17, 15) is 4.79 Å². The Labute approximate surface area is 142 Å². The molecule has 1 heterocycles. The Balaban J connectivity index is 1.85. The summed E-state index contributed by atoms with van der Waals surface area (Å²) < 4.78 is 0. The molecule has 2 N–H and O–H groups in total. The van der Waals surface area contributed by atoms with E-state index in [1.165, 1.54) is 6.42 Å². The van der Waals surface area contributed by atoms with Crippen molar-refractivity contribution in [3.05, 3.63) is 23.2 Å². The number of rotatable bonds is 5. The van der Waals surface area contributed by atoms with Crippen molar-refractivity contribution in [1.29, 1.82) is 0 Å². The van der Waals surface area contributed by atoms with E-state index in [-0.39, 0.29) is 12.1 Å². The monoisotopic (exact) mass is 341 g/mol. The van der Waals surface area contributed by atoms with Crippen LogP contribution in [-0.2, 0) is 0 Å². The molecule has 0 spiro atoms. The molecule has 1 aliphatic rings. The average molecular weight is 342 g/mol. The van der Waals surface area contributed by atoms with Crippen LogP contribution in [0.25, 0.3) is 0 Å². The molecule has 4 nitrogen and oxygen atoms in total. The number of carbonyl (C=O) groups excluding carboxylic acids is 1. The summed E-state index contributed by atoms with van der Waals surface area (Å²) in [5.41, 5.74) is 0.765. The molecule has 22 heavy (non-hydrogen) atoms. The predicted octanol–water partition coefficient (Wildman–Crippen LogP) is 4.06. The smallest absolute Gasteiger partial charge is 0.319 e. The number of urea groups is 1. The topological polar surface area (TPSA) is 44.4 Å². The van der Waals surface area contributed by atoms with Gasteiger partial charge in [-0.05, 0) is 50.3 Å². The Kier molecular flexibility index (Phi) is 6.86. The summed E-state index contributed by atoms with van der Waals surface area (Å²) in [6, 6.07) is 5.65. The van der Waals surface area contributed by atoms with E-state index in [0.29, 0.717) is 5.02 Å². The van der Waals surface area contributed by atoms with Crippen molar-refractivity contribution in [3.63, 3.8) is 0 Å². The first-order chi connectivity index (χ1) is 10.6. The number of benzene rings is 1. The Morgan fingerprint density at radius 1 is 1.41 bits per heavy atom. The van der Waals surface area contributed by atoms with Crippen LogP contribution in [0.5, 0.6) is 0 Å². The van der Waals surface area contributed by atoms with Crippen molar-refractivity contribution >= 4 is 35.1 Å². The van der Waals surface area contributed by atoms with E-state index < -0.39 is 0 Å². The predicted molar refractivity (Wildman–Crippen MR) is 95.1 cm³/mol. The SMILES string of the molecule is CCCN1CCC(NC(=O)Nc2cc(Cl)ccc2SC)CC1. The second-order valence-electron chi connectivity index (χ2n) is 5.56. The molecule has 0 radical (unpaired) electrons. The molecule has 1 aromatic rings. The fourth-order valence-electron chi connectivity index (χ4n) is 2.74. The van der Waals surface area contributed by atoms with Crippen LogP contribution < -0.4 is 10.6 Å². The van der Waals surface area contributed by atoms with Gasteiger partial charge in [-0.15, -0.1) is 11.8 Å². The van der Waals surface area contributed by atoms with Crippen molar-refractivity contribution in [2.75, 3.05) is 31.2 Å². The van der Waals surface area contributed by atoms with E-state index in [2.05, 4.69) is 22.5 Å². The first kappa shape index (κ1) is 17.4. The van der Waals surface area contributed by atoms with Gasteiger partial charge in [0, 0.05) is 29.0 Å². The first-order valence-corrected chi connectivity index (χ1v) is 9.36. The van der Waals surface area contributed by atoms with Crippen molar-refractivity contribution < 1.29 is 4.79 Å². The van der Waals surface area contributed by atoms with Gasteiger partial charge in [0.05, 0.1) is 5.69 Å². The summed E-state index contributed by atoms with van der Waals surface area (Å²) in [6.07, 6.45) is 5.19. The van der Waals surface area contributed by atoms with Crippen LogP contribution in [0, 0.1) is 0 Å². The highest BCUT2D eigenvalue weighted by Crippen LogP contribution is 2.28. The maximum atomic E-state index is 12.2. The lowest BCUT2D eigenvalue weighted by Gasteiger charge is -2.32. The Morgan fingerprint density at radius 3 is 2.77 bits per heavy atom. The number of likely N-dealkylation sites (tertiary alicyclic amines) is 1. The largest absolute Gasteiger partial charge is 0.335 e. The van der Waals surface area contributed by atoms with E-state index in [4.69, 9.17) is 11.6 Å².